The largest absolute Gasteiger partial charge is 0.339 e. The second-order valence-electron chi connectivity index (χ2n) is 5.34. The van der Waals surface area contributed by atoms with Gasteiger partial charge in [-0.3, -0.25) is 4.79 Å². The third-order valence-corrected chi connectivity index (χ3v) is 7.29. The van der Waals surface area contributed by atoms with Gasteiger partial charge < -0.3 is 4.90 Å². The van der Waals surface area contributed by atoms with Crippen LogP contribution >= 0.6 is 27.7 Å². The maximum absolute atomic E-state index is 12.5. The summed E-state index contributed by atoms with van der Waals surface area (Å²) >= 11 is 4.91. The van der Waals surface area contributed by atoms with Gasteiger partial charge in [0.05, 0.1) is 11.0 Å². The van der Waals surface area contributed by atoms with Crippen molar-refractivity contribution in [3.05, 3.63) is 28.7 Å². The lowest BCUT2D eigenvalue weighted by atomic mass is 10.3. The van der Waals surface area contributed by atoms with Gasteiger partial charge in [0.15, 0.2) is 0 Å². The summed E-state index contributed by atoms with van der Waals surface area (Å²) in [4.78, 5) is 15.3. The molecular weight excluding hydrogens is 400 g/mol. The molecule has 1 aliphatic rings. The van der Waals surface area contributed by atoms with E-state index in [1.807, 2.05) is 31.2 Å². The number of piperazine rings is 1. The summed E-state index contributed by atoms with van der Waals surface area (Å²) in [5.41, 5.74) is 0. The van der Waals surface area contributed by atoms with Gasteiger partial charge in [-0.2, -0.15) is 4.31 Å². The first-order chi connectivity index (χ1) is 10.8. The molecule has 1 heterocycles. The highest BCUT2D eigenvalue weighted by atomic mass is 79.9. The maximum Gasteiger partial charge on any atom is 0.235 e. The van der Waals surface area contributed by atoms with Crippen molar-refractivity contribution in [2.24, 2.45) is 0 Å². The Kier molecular flexibility index (Phi) is 6.53. The van der Waals surface area contributed by atoms with Gasteiger partial charge in [-0.15, -0.1) is 11.8 Å². The van der Waals surface area contributed by atoms with Gasteiger partial charge >= 0.3 is 0 Å². The summed E-state index contributed by atoms with van der Waals surface area (Å²) < 4.78 is 26.2. The molecule has 128 valence electrons. The number of hydrogen-bond acceptors (Lipinski definition) is 4. The van der Waals surface area contributed by atoms with Crippen LogP contribution in [0.3, 0.4) is 0 Å². The summed E-state index contributed by atoms with van der Waals surface area (Å²) in [6, 6.07) is 7.86. The number of carbonyl (C=O) groups excluding carboxylic acids is 1. The minimum atomic E-state index is -3.16. The zero-order valence-corrected chi connectivity index (χ0v) is 16.5. The molecule has 0 spiro atoms. The average molecular weight is 421 g/mol. The molecular formula is C15H21BrN2O3S2. The molecule has 1 unspecified atom stereocenters. The molecule has 0 saturated carbocycles. The highest BCUT2D eigenvalue weighted by Gasteiger charge is 2.29. The smallest absolute Gasteiger partial charge is 0.235 e. The Labute approximate surface area is 150 Å². The summed E-state index contributed by atoms with van der Waals surface area (Å²) in [6.45, 7) is 5.23. The van der Waals surface area contributed by atoms with Crippen molar-refractivity contribution in [3.8, 4) is 0 Å². The Morgan fingerprint density at radius 2 is 1.78 bits per heavy atom. The molecule has 1 saturated heterocycles. The number of benzene rings is 1. The number of halogens is 1. The number of hydrogen-bond donors (Lipinski definition) is 0. The van der Waals surface area contributed by atoms with E-state index in [9.17, 15) is 13.2 Å². The molecule has 8 heteroatoms. The van der Waals surface area contributed by atoms with E-state index < -0.39 is 10.0 Å². The Bertz CT molecular complexity index is 641. The summed E-state index contributed by atoms with van der Waals surface area (Å²) in [5.74, 6) is 0.169. The minimum Gasteiger partial charge on any atom is -0.339 e. The summed E-state index contributed by atoms with van der Waals surface area (Å²) in [5, 5.41) is -0.189. The predicted octanol–water partition coefficient (Wildman–Crippen LogP) is 2.42. The standard InChI is InChI=1S/C15H21BrN2O3S2/c1-3-23(20,21)18-10-8-17(9-11-18)15(19)12(2)22-14-6-4-13(16)5-7-14/h4-7,12H,3,8-11H2,1-2H3. The van der Waals surface area contributed by atoms with Gasteiger partial charge in [0.2, 0.25) is 15.9 Å². The van der Waals surface area contributed by atoms with Crippen molar-refractivity contribution in [1.29, 1.82) is 0 Å². The Balaban J connectivity index is 1.90. The fourth-order valence-corrected chi connectivity index (χ4v) is 4.69. The van der Waals surface area contributed by atoms with Crippen LogP contribution in [0.5, 0.6) is 0 Å². The van der Waals surface area contributed by atoms with Gasteiger partial charge in [-0.25, -0.2) is 8.42 Å². The first-order valence-electron chi connectivity index (χ1n) is 7.52. The van der Waals surface area contributed by atoms with Crippen LogP contribution in [-0.4, -0.2) is 60.7 Å². The second-order valence-corrected chi connectivity index (χ2v) is 9.93. The quantitative estimate of drug-likeness (QED) is 0.686. The van der Waals surface area contributed by atoms with Crippen LogP contribution in [-0.2, 0) is 14.8 Å². The molecule has 0 bridgehead atoms. The fraction of sp³-hybridized carbons (Fsp3) is 0.533. The topological polar surface area (TPSA) is 57.7 Å². The highest BCUT2D eigenvalue weighted by Crippen LogP contribution is 2.26. The van der Waals surface area contributed by atoms with Crippen LogP contribution in [0, 0.1) is 0 Å². The van der Waals surface area contributed by atoms with Crippen LogP contribution in [0.25, 0.3) is 0 Å². The molecule has 0 N–H and O–H groups in total. The zero-order valence-electron chi connectivity index (χ0n) is 13.2. The molecule has 1 aromatic rings. The van der Waals surface area contributed by atoms with Crippen LogP contribution in [0.1, 0.15) is 13.8 Å². The van der Waals surface area contributed by atoms with Crippen molar-refractivity contribution in [1.82, 2.24) is 9.21 Å². The third-order valence-electron chi connectivity index (χ3n) is 3.78. The van der Waals surface area contributed by atoms with Crippen LogP contribution in [0.4, 0.5) is 0 Å². The van der Waals surface area contributed by atoms with Gasteiger partial charge in [0.1, 0.15) is 0 Å². The molecule has 2 rings (SSSR count). The number of sulfonamides is 1. The Morgan fingerprint density at radius 1 is 1.22 bits per heavy atom. The van der Waals surface area contributed by atoms with Crippen molar-refractivity contribution in [2.45, 2.75) is 24.0 Å². The van der Waals surface area contributed by atoms with E-state index in [0.29, 0.717) is 26.2 Å². The molecule has 1 aromatic carbocycles. The van der Waals surface area contributed by atoms with Crippen molar-refractivity contribution < 1.29 is 13.2 Å². The van der Waals surface area contributed by atoms with E-state index in [1.165, 1.54) is 16.1 Å². The molecule has 0 radical (unpaired) electrons. The van der Waals surface area contributed by atoms with Gasteiger partial charge in [-0.1, -0.05) is 15.9 Å². The summed E-state index contributed by atoms with van der Waals surface area (Å²) in [6.07, 6.45) is 0. The lowest BCUT2D eigenvalue weighted by molar-refractivity contribution is -0.131. The third kappa shape index (κ3) is 4.95. The fourth-order valence-electron chi connectivity index (χ4n) is 2.39. The highest BCUT2D eigenvalue weighted by molar-refractivity contribution is 9.10. The summed E-state index contributed by atoms with van der Waals surface area (Å²) in [7, 11) is -3.16. The zero-order chi connectivity index (χ0) is 17.0. The van der Waals surface area contributed by atoms with E-state index in [-0.39, 0.29) is 16.9 Å². The van der Waals surface area contributed by atoms with Crippen LogP contribution in [0.2, 0.25) is 0 Å². The van der Waals surface area contributed by atoms with Crippen molar-refractivity contribution in [2.75, 3.05) is 31.9 Å². The van der Waals surface area contributed by atoms with Crippen LogP contribution in [0.15, 0.2) is 33.6 Å². The Hall–Kier alpha value is -0.570. The van der Waals surface area contributed by atoms with Gasteiger partial charge in [0, 0.05) is 35.5 Å². The number of carbonyl (C=O) groups is 1. The number of amides is 1. The lowest BCUT2D eigenvalue weighted by Crippen LogP contribution is -2.52. The first-order valence-corrected chi connectivity index (χ1v) is 10.8. The second kappa shape index (κ2) is 8.00. The van der Waals surface area contributed by atoms with Crippen molar-refractivity contribution >= 4 is 43.6 Å². The Morgan fingerprint density at radius 3 is 2.30 bits per heavy atom. The SMILES string of the molecule is CCS(=O)(=O)N1CCN(C(=O)C(C)Sc2ccc(Br)cc2)CC1. The molecule has 0 aliphatic carbocycles. The number of nitrogens with zero attached hydrogens (tertiary/aromatic N) is 2. The molecule has 0 aromatic heterocycles. The minimum absolute atomic E-state index is 0.0615. The van der Waals surface area contributed by atoms with E-state index in [0.717, 1.165) is 9.37 Å². The first kappa shape index (κ1) is 18.8. The van der Waals surface area contributed by atoms with E-state index in [1.54, 1.807) is 11.8 Å². The van der Waals surface area contributed by atoms with Gasteiger partial charge in [0.25, 0.3) is 0 Å². The van der Waals surface area contributed by atoms with Gasteiger partial charge in [-0.05, 0) is 38.1 Å². The van der Waals surface area contributed by atoms with E-state index in [4.69, 9.17) is 0 Å². The number of thioether (sulfide) groups is 1. The number of rotatable bonds is 5. The predicted molar refractivity (Wildman–Crippen MR) is 97.1 cm³/mol. The maximum atomic E-state index is 12.5. The monoisotopic (exact) mass is 420 g/mol. The van der Waals surface area contributed by atoms with Crippen molar-refractivity contribution in [3.63, 3.8) is 0 Å². The lowest BCUT2D eigenvalue weighted by Gasteiger charge is -2.35. The normalized spacial score (nSPS) is 18.0. The molecule has 1 fully saturated rings. The van der Waals surface area contributed by atoms with Crippen LogP contribution < -0.4 is 0 Å². The molecule has 5 nitrogen and oxygen atoms in total. The molecule has 23 heavy (non-hydrogen) atoms. The van der Waals surface area contributed by atoms with E-state index in [2.05, 4.69) is 15.9 Å². The molecule has 1 amide bonds. The molecule has 1 atom stereocenters. The average Bonchev–Trinajstić information content (AvgIpc) is 2.56. The molecule has 1 aliphatic heterocycles. The van der Waals surface area contributed by atoms with E-state index >= 15 is 0 Å².